The first-order valence-corrected chi connectivity index (χ1v) is 4.91. The van der Waals surface area contributed by atoms with Gasteiger partial charge in [-0.1, -0.05) is 0 Å². The molecule has 1 aromatic heterocycles. The van der Waals surface area contributed by atoms with Gasteiger partial charge < -0.3 is 5.11 Å². The standard InChI is InChI=1S/C12H9N3O2/c1-8-4-11(3-2-9(8)5-13)15-7-10(6-14-15)12(16)17/h2-4,6-7H,1H3,(H,16,17). The summed E-state index contributed by atoms with van der Waals surface area (Å²) >= 11 is 0. The number of benzene rings is 1. The van der Waals surface area contributed by atoms with Gasteiger partial charge in [-0.3, -0.25) is 0 Å². The average molecular weight is 227 g/mol. The monoisotopic (exact) mass is 227 g/mol. The van der Waals surface area contributed by atoms with Gasteiger partial charge in [0.2, 0.25) is 0 Å². The second-order valence-corrected chi connectivity index (χ2v) is 3.59. The molecule has 0 unspecified atom stereocenters. The Hall–Kier alpha value is -2.61. The van der Waals surface area contributed by atoms with Crippen LogP contribution < -0.4 is 0 Å². The molecule has 0 amide bonds. The summed E-state index contributed by atoms with van der Waals surface area (Å²) in [6, 6.07) is 7.28. The zero-order valence-corrected chi connectivity index (χ0v) is 9.08. The van der Waals surface area contributed by atoms with Crippen LogP contribution in [0.2, 0.25) is 0 Å². The third kappa shape index (κ3) is 2.01. The van der Waals surface area contributed by atoms with Crippen LogP contribution in [0.1, 0.15) is 21.5 Å². The number of aromatic carboxylic acids is 1. The van der Waals surface area contributed by atoms with E-state index in [0.717, 1.165) is 11.3 Å². The number of carbonyl (C=O) groups is 1. The normalized spacial score (nSPS) is 9.88. The fourth-order valence-electron chi connectivity index (χ4n) is 1.49. The molecule has 5 heteroatoms. The average Bonchev–Trinajstić information content (AvgIpc) is 2.78. The van der Waals surface area contributed by atoms with Gasteiger partial charge in [-0.15, -0.1) is 0 Å². The van der Waals surface area contributed by atoms with Crippen molar-refractivity contribution in [3.8, 4) is 11.8 Å². The number of nitriles is 1. The van der Waals surface area contributed by atoms with Crippen molar-refractivity contribution in [2.45, 2.75) is 6.92 Å². The molecule has 0 atom stereocenters. The fraction of sp³-hybridized carbons (Fsp3) is 0.0833. The lowest BCUT2D eigenvalue weighted by Gasteiger charge is -2.03. The molecule has 84 valence electrons. The lowest BCUT2D eigenvalue weighted by molar-refractivity contribution is 0.0697. The van der Waals surface area contributed by atoms with Crippen LogP contribution in [0.15, 0.2) is 30.6 Å². The molecule has 1 heterocycles. The summed E-state index contributed by atoms with van der Waals surface area (Å²) in [5.74, 6) is -1.01. The molecule has 17 heavy (non-hydrogen) atoms. The van der Waals surface area contributed by atoms with E-state index in [1.165, 1.54) is 17.1 Å². The Balaban J connectivity index is 2.43. The highest BCUT2D eigenvalue weighted by Crippen LogP contribution is 2.14. The molecule has 1 aromatic carbocycles. The van der Waals surface area contributed by atoms with Crippen molar-refractivity contribution in [2.75, 3.05) is 0 Å². The van der Waals surface area contributed by atoms with Crippen molar-refractivity contribution < 1.29 is 9.90 Å². The fourth-order valence-corrected chi connectivity index (χ4v) is 1.49. The molecule has 0 saturated heterocycles. The van der Waals surface area contributed by atoms with E-state index in [0.29, 0.717) is 5.56 Å². The lowest BCUT2D eigenvalue weighted by Crippen LogP contribution is -1.97. The SMILES string of the molecule is Cc1cc(-n2cc(C(=O)O)cn2)ccc1C#N. The highest BCUT2D eigenvalue weighted by molar-refractivity contribution is 5.86. The quantitative estimate of drug-likeness (QED) is 0.847. The Morgan fingerprint density at radius 2 is 2.29 bits per heavy atom. The van der Waals surface area contributed by atoms with Crippen LogP contribution in [0, 0.1) is 18.3 Å². The highest BCUT2D eigenvalue weighted by Gasteiger charge is 2.07. The van der Waals surface area contributed by atoms with E-state index in [4.69, 9.17) is 10.4 Å². The van der Waals surface area contributed by atoms with Crippen molar-refractivity contribution >= 4 is 5.97 Å². The molecule has 0 aliphatic heterocycles. The van der Waals surface area contributed by atoms with E-state index in [-0.39, 0.29) is 5.56 Å². The molecule has 5 nitrogen and oxygen atoms in total. The van der Waals surface area contributed by atoms with Crippen molar-refractivity contribution in [3.63, 3.8) is 0 Å². The minimum Gasteiger partial charge on any atom is -0.478 e. The van der Waals surface area contributed by atoms with Crippen molar-refractivity contribution in [1.29, 1.82) is 5.26 Å². The van der Waals surface area contributed by atoms with E-state index in [9.17, 15) is 4.79 Å². The van der Waals surface area contributed by atoms with Gasteiger partial charge in [-0.2, -0.15) is 10.4 Å². The van der Waals surface area contributed by atoms with Gasteiger partial charge in [0, 0.05) is 6.20 Å². The van der Waals surface area contributed by atoms with Crippen LogP contribution in [0.25, 0.3) is 5.69 Å². The van der Waals surface area contributed by atoms with Gasteiger partial charge in [-0.05, 0) is 30.7 Å². The summed E-state index contributed by atoms with van der Waals surface area (Å²) in [7, 11) is 0. The van der Waals surface area contributed by atoms with Gasteiger partial charge in [-0.25, -0.2) is 9.48 Å². The Labute approximate surface area is 97.5 Å². The smallest absolute Gasteiger partial charge is 0.338 e. The number of aryl methyl sites for hydroxylation is 1. The van der Waals surface area contributed by atoms with Gasteiger partial charge in [0.05, 0.1) is 29.1 Å². The van der Waals surface area contributed by atoms with Crippen LogP contribution in [0.3, 0.4) is 0 Å². The molecule has 0 aliphatic carbocycles. The second-order valence-electron chi connectivity index (χ2n) is 3.59. The maximum Gasteiger partial charge on any atom is 0.338 e. The maximum atomic E-state index is 10.7. The molecule has 0 saturated carbocycles. The summed E-state index contributed by atoms with van der Waals surface area (Å²) in [6.45, 7) is 1.82. The molecule has 0 fully saturated rings. The first-order valence-electron chi connectivity index (χ1n) is 4.91. The molecular weight excluding hydrogens is 218 g/mol. The number of aromatic nitrogens is 2. The molecule has 0 spiro atoms. The highest BCUT2D eigenvalue weighted by atomic mass is 16.4. The number of carboxylic acids is 1. The molecule has 2 rings (SSSR count). The number of nitrogens with zero attached hydrogens (tertiary/aromatic N) is 3. The van der Waals surface area contributed by atoms with E-state index in [1.807, 2.05) is 6.92 Å². The Morgan fingerprint density at radius 1 is 1.53 bits per heavy atom. The zero-order chi connectivity index (χ0) is 12.4. The minimum absolute atomic E-state index is 0.131. The first kappa shape index (κ1) is 10.9. The molecule has 0 aliphatic rings. The first-order chi connectivity index (χ1) is 8.11. The van der Waals surface area contributed by atoms with Gasteiger partial charge >= 0.3 is 5.97 Å². The Bertz CT molecular complexity index is 623. The minimum atomic E-state index is -1.01. The largest absolute Gasteiger partial charge is 0.478 e. The van der Waals surface area contributed by atoms with Crippen LogP contribution >= 0.6 is 0 Å². The van der Waals surface area contributed by atoms with E-state index < -0.39 is 5.97 Å². The van der Waals surface area contributed by atoms with Crippen LogP contribution in [-0.4, -0.2) is 20.9 Å². The number of carboxylic acid groups (broad SMARTS) is 1. The van der Waals surface area contributed by atoms with Crippen LogP contribution in [0.4, 0.5) is 0 Å². The second kappa shape index (κ2) is 4.10. The lowest BCUT2D eigenvalue weighted by atomic mass is 10.1. The topological polar surface area (TPSA) is 78.9 Å². The molecule has 1 N–H and O–H groups in total. The summed E-state index contributed by atoms with van der Waals surface area (Å²) in [5, 5.41) is 21.5. The molecule has 0 radical (unpaired) electrons. The van der Waals surface area contributed by atoms with Crippen molar-refractivity contribution in [3.05, 3.63) is 47.3 Å². The third-order valence-electron chi connectivity index (χ3n) is 2.42. The predicted octanol–water partition coefficient (Wildman–Crippen LogP) is 1.75. The molecule has 2 aromatic rings. The van der Waals surface area contributed by atoms with Gasteiger partial charge in [0.15, 0.2) is 0 Å². The van der Waals surface area contributed by atoms with Gasteiger partial charge in [0.1, 0.15) is 0 Å². The number of hydrogen-bond donors (Lipinski definition) is 1. The van der Waals surface area contributed by atoms with E-state index >= 15 is 0 Å². The van der Waals surface area contributed by atoms with Crippen molar-refractivity contribution in [2.24, 2.45) is 0 Å². The summed E-state index contributed by atoms with van der Waals surface area (Å²) in [5.41, 5.74) is 2.29. The summed E-state index contributed by atoms with van der Waals surface area (Å²) < 4.78 is 1.47. The van der Waals surface area contributed by atoms with Crippen LogP contribution in [-0.2, 0) is 0 Å². The number of hydrogen-bond acceptors (Lipinski definition) is 3. The maximum absolute atomic E-state index is 10.7. The van der Waals surface area contributed by atoms with Crippen molar-refractivity contribution in [1.82, 2.24) is 9.78 Å². The predicted molar refractivity (Wildman–Crippen MR) is 60.0 cm³/mol. The Morgan fingerprint density at radius 3 is 2.82 bits per heavy atom. The zero-order valence-electron chi connectivity index (χ0n) is 9.08. The third-order valence-corrected chi connectivity index (χ3v) is 2.42. The molecule has 0 bridgehead atoms. The number of rotatable bonds is 2. The van der Waals surface area contributed by atoms with Crippen LogP contribution in [0.5, 0.6) is 0 Å². The summed E-state index contributed by atoms with van der Waals surface area (Å²) in [6.07, 6.45) is 2.72. The summed E-state index contributed by atoms with van der Waals surface area (Å²) in [4.78, 5) is 10.7. The molecular formula is C12H9N3O2. The Kier molecular flexibility index (Phi) is 2.63. The van der Waals surface area contributed by atoms with Gasteiger partial charge in [0.25, 0.3) is 0 Å². The van der Waals surface area contributed by atoms with E-state index in [2.05, 4.69) is 11.2 Å². The van der Waals surface area contributed by atoms with E-state index in [1.54, 1.807) is 18.2 Å².